The summed E-state index contributed by atoms with van der Waals surface area (Å²) < 4.78 is 0. The number of allylic oxidation sites excluding steroid dienone is 2. The first-order chi connectivity index (χ1) is 14.2. The summed E-state index contributed by atoms with van der Waals surface area (Å²) >= 11 is 0. The Hall–Kier alpha value is -3.55. The molecule has 0 aliphatic heterocycles. The summed E-state index contributed by atoms with van der Waals surface area (Å²) in [7, 11) is 0. The monoisotopic (exact) mass is 382 g/mol. The number of hydrogen-bond acceptors (Lipinski definition) is 4. The number of unbranched alkanes of at least 4 members (excludes halogenated alkanes) is 3. The lowest BCUT2D eigenvalue weighted by molar-refractivity contribution is 0.642. The standard InChI is InChI=1S/C25H26N4/c1-2-3-4-8-16-29(17-15-21-9-6-5-7-10-21)24-13-11-22(12-14-24)25(20-28)23(18-26)19-27/h5-7,9-14H,2-4,8,15-17H2,1H3. The molecule has 4 heteroatoms. The van der Waals surface area contributed by atoms with Crippen LogP contribution in [0.1, 0.15) is 43.7 Å². The quantitative estimate of drug-likeness (QED) is 0.393. The summed E-state index contributed by atoms with van der Waals surface area (Å²) in [6, 6.07) is 23.6. The van der Waals surface area contributed by atoms with Crippen molar-refractivity contribution in [2.24, 2.45) is 0 Å². The number of hydrogen-bond donors (Lipinski definition) is 0. The zero-order valence-corrected chi connectivity index (χ0v) is 16.9. The molecule has 0 bridgehead atoms. The van der Waals surface area contributed by atoms with Crippen molar-refractivity contribution in [3.63, 3.8) is 0 Å². The highest BCUT2D eigenvalue weighted by molar-refractivity contribution is 5.84. The summed E-state index contributed by atoms with van der Waals surface area (Å²) in [6.45, 7) is 4.11. The second-order valence-corrected chi connectivity index (χ2v) is 6.92. The van der Waals surface area contributed by atoms with Gasteiger partial charge in [-0.2, -0.15) is 15.8 Å². The van der Waals surface area contributed by atoms with E-state index in [2.05, 4.69) is 36.1 Å². The van der Waals surface area contributed by atoms with Gasteiger partial charge in [0.25, 0.3) is 0 Å². The van der Waals surface area contributed by atoms with Crippen LogP contribution < -0.4 is 4.90 Å². The fraction of sp³-hybridized carbons (Fsp3) is 0.320. The third kappa shape index (κ3) is 6.53. The molecule has 0 aliphatic rings. The molecule has 0 atom stereocenters. The molecule has 29 heavy (non-hydrogen) atoms. The van der Waals surface area contributed by atoms with E-state index in [1.165, 1.54) is 24.8 Å². The van der Waals surface area contributed by atoms with Gasteiger partial charge in [-0.05, 0) is 36.1 Å². The maximum Gasteiger partial charge on any atom is 0.148 e. The summed E-state index contributed by atoms with van der Waals surface area (Å²) in [5.74, 6) is 0. The molecule has 146 valence electrons. The molecular weight excluding hydrogens is 356 g/mol. The highest BCUT2D eigenvalue weighted by Crippen LogP contribution is 2.23. The molecule has 0 unspecified atom stereocenters. The van der Waals surface area contributed by atoms with E-state index in [-0.39, 0.29) is 11.1 Å². The zero-order chi connectivity index (χ0) is 20.9. The molecule has 2 aromatic carbocycles. The summed E-state index contributed by atoms with van der Waals surface area (Å²) in [5.41, 5.74) is 2.98. The molecule has 0 radical (unpaired) electrons. The average Bonchev–Trinajstić information content (AvgIpc) is 2.78. The van der Waals surface area contributed by atoms with E-state index in [4.69, 9.17) is 10.5 Å². The fourth-order valence-electron chi connectivity index (χ4n) is 3.25. The van der Waals surface area contributed by atoms with Crippen molar-refractivity contribution in [2.45, 2.75) is 39.0 Å². The van der Waals surface area contributed by atoms with Crippen LogP contribution in [0.5, 0.6) is 0 Å². The van der Waals surface area contributed by atoms with Gasteiger partial charge in [0.05, 0.1) is 5.57 Å². The van der Waals surface area contributed by atoms with Crippen molar-refractivity contribution in [2.75, 3.05) is 18.0 Å². The van der Waals surface area contributed by atoms with Crippen molar-refractivity contribution >= 4 is 11.3 Å². The maximum atomic E-state index is 9.35. The first-order valence-corrected chi connectivity index (χ1v) is 10.1. The van der Waals surface area contributed by atoms with E-state index < -0.39 is 0 Å². The smallest absolute Gasteiger partial charge is 0.148 e. The molecule has 0 saturated carbocycles. The minimum Gasteiger partial charge on any atom is -0.371 e. The van der Waals surface area contributed by atoms with Crippen molar-refractivity contribution in [3.05, 3.63) is 71.3 Å². The summed E-state index contributed by atoms with van der Waals surface area (Å²) in [4.78, 5) is 2.37. The van der Waals surface area contributed by atoms with Gasteiger partial charge in [0.2, 0.25) is 0 Å². The number of rotatable bonds is 10. The Morgan fingerprint density at radius 1 is 0.793 bits per heavy atom. The minimum absolute atomic E-state index is 0.125. The van der Waals surface area contributed by atoms with Crippen LogP contribution in [0.2, 0.25) is 0 Å². The Labute approximate surface area is 173 Å². The minimum atomic E-state index is -0.152. The van der Waals surface area contributed by atoms with Gasteiger partial charge in [0.1, 0.15) is 23.8 Å². The molecule has 2 aromatic rings. The highest BCUT2D eigenvalue weighted by Gasteiger charge is 2.11. The van der Waals surface area contributed by atoms with Crippen LogP contribution in [0.25, 0.3) is 5.57 Å². The van der Waals surface area contributed by atoms with Crippen LogP contribution in [-0.2, 0) is 6.42 Å². The average molecular weight is 383 g/mol. The predicted octanol–water partition coefficient (Wildman–Crippen LogP) is 5.64. The first-order valence-electron chi connectivity index (χ1n) is 10.1. The summed E-state index contributed by atoms with van der Waals surface area (Å²) in [5, 5.41) is 27.5. The fourth-order valence-corrected chi connectivity index (χ4v) is 3.25. The largest absolute Gasteiger partial charge is 0.371 e. The molecule has 0 aromatic heterocycles. The van der Waals surface area contributed by atoms with Crippen molar-refractivity contribution in [1.82, 2.24) is 0 Å². The Morgan fingerprint density at radius 2 is 1.48 bits per heavy atom. The molecule has 0 saturated heterocycles. The van der Waals surface area contributed by atoms with Crippen LogP contribution in [-0.4, -0.2) is 13.1 Å². The number of nitrogens with zero attached hydrogens (tertiary/aromatic N) is 4. The number of anilines is 1. The Kier molecular flexibility index (Phi) is 9.01. The normalized spacial score (nSPS) is 9.72. The van der Waals surface area contributed by atoms with E-state index in [0.717, 1.165) is 31.6 Å². The molecule has 0 amide bonds. The van der Waals surface area contributed by atoms with E-state index in [0.29, 0.717) is 5.56 Å². The molecule has 0 heterocycles. The van der Waals surface area contributed by atoms with Crippen molar-refractivity contribution < 1.29 is 0 Å². The molecule has 4 nitrogen and oxygen atoms in total. The Bertz CT molecular complexity index is 906. The van der Waals surface area contributed by atoms with E-state index in [1.54, 1.807) is 12.1 Å². The number of benzene rings is 2. The lowest BCUT2D eigenvalue weighted by Gasteiger charge is -2.25. The lowest BCUT2D eigenvalue weighted by atomic mass is 10.0. The van der Waals surface area contributed by atoms with Crippen LogP contribution in [0.4, 0.5) is 5.69 Å². The molecule has 0 fully saturated rings. The van der Waals surface area contributed by atoms with Crippen LogP contribution in [0.15, 0.2) is 60.2 Å². The third-order valence-electron chi connectivity index (χ3n) is 4.90. The van der Waals surface area contributed by atoms with Gasteiger partial charge in [-0.1, -0.05) is 68.7 Å². The van der Waals surface area contributed by atoms with Gasteiger partial charge in [-0.15, -0.1) is 0 Å². The van der Waals surface area contributed by atoms with Gasteiger partial charge in [-0.25, -0.2) is 0 Å². The Morgan fingerprint density at radius 3 is 2.07 bits per heavy atom. The van der Waals surface area contributed by atoms with Crippen LogP contribution in [0.3, 0.4) is 0 Å². The van der Waals surface area contributed by atoms with Gasteiger partial charge < -0.3 is 4.90 Å². The zero-order valence-electron chi connectivity index (χ0n) is 16.9. The first kappa shape index (κ1) is 21.7. The van der Waals surface area contributed by atoms with Gasteiger partial charge >= 0.3 is 0 Å². The highest BCUT2D eigenvalue weighted by atomic mass is 15.1. The second-order valence-electron chi connectivity index (χ2n) is 6.92. The molecule has 0 spiro atoms. The van der Waals surface area contributed by atoms with Crippen molar-refractivity contribution in [1.29, 1.82) is 15.8 Å². The van der Waals surface area contributed by atoms with E-state index >= 15 is 0 Å². The Balaban J connectivity index is 2.18. The van der Waals surface area contributed by atoms with E-state index in [9.17, 15) is 5.26 Å². The lowest BCUT2D eigenvalue weighted by Crippen LogP contribution is -2.27. The van der Waals surface area contributed by atoms with Gasteiger partial charge in [-0.3, -0.25) is 0 Å². The van der Waals surface area contributed by atoms with Gasteiger partial charge in [0.15, 0.2) is 0 Å². The molecule has 0 aliphatic carbocycles. The molecule has 2 rings (SSSR count). The van der Waals surface area contributed by atoms with Gasteiger partial charge in [0, 0.05) is 18.8 Å². The summed E-state index contributed by atoms with van der Waals surface area (Å²) in [6.07, 6.45) is 5.77. The number of nitriles is 3. The third-order valence-corrected chi connectivity index (χ3v) is 4.90. The topological polar surface area (TPSA) is 74.6 Å². The second kappa shape index (κ2) is 12.0. The van der Waals surface area contributed by atoms with Crippen LogP contribution in [0, 0.1) is 34.0 Å². The SMILES string of the molecule is CCCCCCN(CCc1ccccc1)c1ccc(C(C#N)=C(C#N)C#N)cc1. The van der Waals surface area contributed by atoms with E-state index in [1.807, 2.05) is 36.4 Å². The predicted molar refractivity (Wildman–Crippen MR) is 117 cm³/mol. The van der Waals surface area contributed by atoms with Crippen LogP contribution >= 0.6 is 0 Å². The molecular formula is C25H26N4. The maximum absolute atomic E-state index is 9.35. The molecule has 0 N–H and O–H groups in total. The van der Waals surface area contributed by atoms with Crippen molar-refractivity contribution in [3.8, 4) is 18.2 Å².